The molecule has 2 heterocycles. The Morgan fingerprint density at radius 2 is 2.14 bits per heavy atom. The van der Waals surface area contributed by atoms with Crippen molar-refractivity contribution in [2.45, 2.75) is 25.7 Å². The summed E-state index contributed by atoms with van der Waals surface area (Å²) in [6.07, 6.45) is 2.24. The van der Waals surface area contributed by atoms with E-state index in [1.54, 1.807) is 19.1 Å². The summed E-state index contributed by atoms with van der Waals surface area (Å²) < 4.78 is 15.3. The summed E-state index contributed by atoms with van der Waals surface area (Å²) >= 11 is 1.38. The van der Waals surface area contributed by atoms with Gasteiger partial charge < -0.3 is 0 Å². The molecule has 0 saturated heterocycles. The topological polar surface area (TPSA) is 60.7 Å². The predicted molar refractivity (Wildman–Crippen MR) is 77.5 cm³/mol. The van der Waals surface area contributed by atoms with Crippen molar-refractivity contribution < 1.29 is 4.39 Å². The van der Waals surface area contributed by atoms with Crippen LogP contribution in [0.2, 0.25) is 0 Å². The average Bonchev–Trinajstić information content (AvgIpc) is 3.18. The van der Waals surface area contributed by atoms with Gasteiger partial charge in [0.15, 0.2) is 0 Å². The van der Waals surface area contributed by atoms with Crippen LogP contribution in [0.25, 0.3) is 16.0 Å². The first-order valence-electron chi connectivity index (χ1n) is 6.67. The SMILES string of the molecule is Cc1nc2cccc(F)c2c(=O)n1-c1nnc(C2CC2)s1. The molecule has 0 amide bonds. The highest BCUT2D eigenvalue weighted by Crippen LogP contribution is 2.41. The highest BCUT2D eigenvalue weighted by Gasteiger charge is 2.28. The number of halogens is 1. The molecule has 1 aliphatic carbocycles. The van der Waals surface area contributed by atoms with Gasteiger partial charge in [0.1, 0.15) is 22.0 Å². The lowest BCUT2D eigenvalue weighted by molar-refractivity contribution is 0.636. The van der Waals surface area contributed by atoms with Crippen LogP contribution in [0.5, 0.6) is 0 Å². The van der Waals surface area contributed by atoms with E-state index in [1.807, 2.05) is 0 Å². The maximum atomic E-state index is 13.9. The maximum Gasteiger partial charge on any atom is 0.270 e. The van der Waals surface area contributed by atoms with Gasteiger partial charge in [0.25, 0.3) is 5.56 Å². The average molecular weight is 302 g/mol. The number of benzene rings is 1. The van der Waals surface area contributed by atoms with Gasteiger partial charge in [-0.1, -0.05) is 17.4 Å². The largest absolute Gasteiger partial charge is 0.270 e. The Hall–Kier alpha value is -2.15. The lowest BCUT2D eigenvalue weighted by Crippen LogP contribution is -2.23. The molecular formula is C14H11FN4OS. The first-order valence-corrected chi connectivity index (χ1v) is 7.48. The van der Waals surface area contributed by atoms with Crippen LogP contribution in [0.4, 0.5) is 4.39 Å². The number of fused-ring (bicyclic) bond motifs is 1. The van der Waals surface area contributed by atoms with Gasteiger partial charge in [-0.2, -0.15) is 0 Å². The van der Waals surface area contributed by atoms with E-state index in [9.17, 15) is 9.18 Å². The molecule has 1 aromatic carbocycles. The quantitative estimate of drug-likeness (QED) is 0.730. The van der Waals surface area contributed by atoms with Gasteiger partial charge in [-0.25, -0.2) is 13.9 Å². The van der Waals surface area contributed by atoms with Crippen LogP contribution in [0.15, 0.2) is 23.0 Å². The molecule has 21 heavy (non-hydrogen) atoms. The zero-order valence-corrected chi connectivity index (χ0v) is 12.0. The molecule has 0 bridgehead atoms. The summed E-state index contributed by atoms with van der Waals surface area (Å²) in [5.41, 5.74) is -0.0743. The van der Waals surface area contributed by atoms with Gasteiger partial charge in [0.2, 0.25) is 5.13 Å². The number of aryl methyl sites for hydroxylation is 1. The molecule has 0 unspecified atom stereocenters. The second-order valence-electron chi connectivity index (χ2n) is 5.13. The fraction of sp³-hybridized carbons (Fsp3) is 0.286. The molecule has 0 radical (unpaired) electrons. The van der Waals surface area contributed by atoms with E-state index < -0.39 is 11.4 Å². The van der Waals surface area contributed by atoms with E-state index in [0.29, 0.717) is 22.4 Å². The van der Waals surface area contributed by atoms with Crippen molar-refractivity contribution in [1.82, 2.24) is 19.7 Å². The van der Waals surface area contributed by atoms with E-state index in [4.69, 9.17) is 0 Å². The zero-order valence-electron chi connectivity index (χ0n) is 11.2. The van der Waals surface area contributed by atoms with Crippen molar-refractivity contribution in [2.24, 2.45) is 0 Å². The third-order valence-electron chi connectivity index (χ3n) is 3.56. The molecule has 4 rings (SSSR count). The van der Waals surface area contributed by atoms with Gasteiger partial charge in [-0.15, -0.1) is 10.2 Å². The van der Waals surface area contributed by atoms with Crippen molar-refractivity contribution in [2.75, 3.05) is 0 Å². The van der Waals surface area contributed by atoms with E-state index in [-0.39, 0.29) is 5.39 Å². The maximum absolute atomic E-state index is 13.9. The Morgan fingerprint density at radius 1 is 1.33 bits per heavy atom. The van der Waals surface area contributed by atoms with E-state index in [0.717, 1.165) is 17.8 Å². The second-order valence-corrected chi connectivity index (χ2v) is 6.12. The molecule has 5 nitrogen and oxygen atoms in total. The molecule has 1 fully saturated rings. The smallest absolute Gasteiger partial charge is 0.268 e. The van der Waals surface area contributed by atoms with Crippen LogP contribution >= 0.6 is 11.3 Å². The van der Waals surface area contributed by atoms with Crippen LogP contribution in [0.1, 0.15) is 29.6 Å². The molecule has 0 spiro atoms. The molecule has 1 aliphatic rings. The standard InChI is InChI=1S/C14H11FN4OS/c1-7-16-10-4-2-3-9(15)11(10)13(20)19(7)14-18-17-12(21-14)8-5-6-8/h2-4,8H,5-6H2,1H3. The minimum atomic E-state index is -0.564. The molecule has 0 atom stereocenters. The Balaban J connectivity index is 1.98. The lowest BCUT2D eigenvalue weighted by Gasteiger charge is -2.07. The zero-order chi connectivity index (χ0) is 14.6. The number of aromatic nitrogens is 4. The minimum absolute atomic E-state index is 0.00808. The van der Waals surface area contributed by atoms with Crippen LogP contribution in [0.3, 0.4) is 0 Å². The number of rotatable bonds is 2. The molecule has 106 valence electrons. The third-order valence-corrected chi connectivity index (χ3v) is 4.63. The fourth-order valence-electron chi connectivity index (χ4n) is 2.34. The molecule has 0 aliphatic heterocycles. The minimum Gasteiger partial charge on any atom is -0.268 e. The fourth-order valence-corrected chi connectivity index (χ4v) is 3.40. The van der Waals surface area contributed by atoms with E-state index in [1.165, 1.54) is 22.0 Å². The van der Waals surface area contributed by atoms with Gasteiger partial charge in [0.05, 0.1) is 5.52 Å². The summed E-state index contributed by atoms with van der Waals surface area (Å²) in [6.45, 7) is 1.71. The van der Waals surface area contributed by atoms with Crippen molar-refractivity contribution in [3.8, 4) is 5.13 Å². The summed E-state index contributed by atoms with van der Waals surface area (Å²) in [7, 11) is 0. The Labute approximate surface area is 123 Å². The third kappa shape index (κ3) is 1.96. The Morgan fingerprint density at radius 3 is 2.90 bits per heavy atom. The van der Waals surface area contributed by atoms with Crippen molar-refractivity contribution in [3.05, 3.63) is 45.2 Å². The molecule has 3 aromatic rings. The first kappa shape index (κ1) is 12.6. The van der Waals surface area contributed by atoms with Gasteiger partial charge >= 0.3 is 0 Å². The summed E-state index contributed by atoms with van der Waals surface area (Å²) in [4.78, 5) is 16.9. The van der Waals surface area contributed by atoms with Crippen LogP contribution in [-0.2, 0) is 0 Å². The Kier molecular flexibility index (Phi) is 2.65. The number of hydrogen-bond acceptors (Lipinski definition) is 5. The normalized spacial score (nSPS) is 14.8. The molecule has 1 saturated carbocycles. The lowest BCUT2D eigenvalue weighted by atomic mass is 10.2. The highest BCUT2D eigenvalue weighted by molar-refractivity contribution is 7.13. The molecular weight excluding hydrogens is 291 g/mol. The summed E-state index contributed by atoms with van der Waals surface area (Å²) in [5.74, 6) is 0.389. The monoisotopic (exact) mass is 302 g/mol. The van der Waals surface area contributed by atoms with Crippen LogP contribution in [0, 0.1) is 12.7 Å². The summed E-state index contributed by atoms with van der Waals surface area (Å²) in [5, 5.41) is 9.58. The van der Waals surface area contributed by atoms with E-state index >= 15 is 0 Å². The molecule has 0 N–H and O–H groups in total. The van der Waals surface area contributed by atoms with Crippen LogP contribution < -0.4 is 5.56 Å². The highest BCUT2D eigenvalue weighted by atomic mass is 32.1. The predicted octanol–water partition coefficient (Wildman–Crippen LogP) is 2.56. The van der Waals surface area contributed by atoms with Gasteiger partial charge in [0, 0.05) is 5.92 Å². The second kappa shape index (κ2) is 4.42. The van der Waals surface area contributed by atoms with Crippen LogP contribution in [-0.4, -0.2) is 19.7 Å². The molecule has 7 heteroatoms. The number of nitrogens with zero attached hydrogens (tertiary/aromatic N) is 4. The van der Waals surface area contributed by atoms with Gasteiger partial charge in [-0.05, 0) is 31.9 Å². The molecule has 2 aromatic heterocycles. The van der Waals surface area contributed by atoms with Crippen molar-refractivity contribution >= 4 is 22.2 Å². The Bertz CT molecular complexity index is 913. The van der Waals surface area contributed by atoms with E-state index in [2.05, 4.69) is 15.2 Å². The van der Waals surface area contributed by atoms with Crippen molar-refractivity contribution in [3.63, 3.8) is 0 Å². The van der Waals surface area contributed by atoms with Gasteiger partial charge in [-0.3, -0.25) is 4.79 Å². The van der Waals surface area contributed by atoms with Crippen molar-refractivity contribution in [1.29, 1.82) is 0 Å². The number of hydrogen-bond donors (Lipinski definition) is 0. The first-order chi connectivity index (χ1) is 10.1. The summed E-state index contributed by atoms with van der Waals surface area (Å²) in [6, 6.07) is 4.44.